The van der Waals surface area contributed by atoms with Crippen LogP contribution in [0.5, 0.6) is 0 Å². The van der Waals surface area contributed by atoms with Gasteiger partial charge in [0.25, 0.3) is 11.1 Å². The van der Waals surface area contributed by atoms with Crippen molar-refractivity contribution in [1.29, 1.82) is 0 Å². The number of aromatic amines is 1. The average molecular weight is 638 g/mol. The molecule has 0 radical (unpaired) electrons. The fourth-order valence-electron chi connectivity index (χ4n) is 4.01. The topological polar surface area (TPSA) is 142 Å². The number of aryl methyl sites for hydroxylation is 1. The molecule has 0 unspecified atom stereocenters. The van der Waals surface area contributed by atoms with Crippen LogP contribution >= 0.6 is 0 Å². The summed E-state index contributed by atoms with van der Waals surface area (Å²) >= 11 is 0. The molecule has 0 amide bonds. The predicted molar refractivity (Wildman–Crippen MR) is 141 cm³/mol. The van der Waals surface area contributed by atoms with Crippen LogP contribution in [-0.2, 0) is 23.6 Å². The zero-order valence-electron chi connectivity index (χ0n) is 22.3. The predicted octanol–water partition coefficient (Wildman–Crippen LogP) is 5.58. The van der Waals surface area contributed by atoms with E-state index in [4.69, 9.17) is 11.5 Å². The first kappa shape index (κ1) is 33.9. The van der Waals surface area contributed by atoms with E-state index in [1.165, 1.54) is 16.8 Å². The molecule has 0 aliphatic rings. The molecule has 1 aromatic carbocycles. The number of nitrogen functional groups attached to an aromatic ring is 2. The van der Waals surface area contributed by atoms with Crippen LogP contribution in [0.3, 0.4) is 0 Å². The van der Waals surface area contributed by atoms with Crippen LogP contribution in [0.4, 0.5) is 50.9 Å². The SMILES string of the molecule is Nc1cc(-c2cc3ccn(CCCCCOC(F)F)c(=O)c3cc2F)cnc1C(F)(F)F.Nc1cn[nH]c(=O)c1C(F)(F)F. The first-order valence-corrected chi connectivity index (χ1v) is 12.5. The van der Waals surface area contributed by atoms with Gasteiger partial charge in [-0.1, -0.05) is 0 Å². The van der Waals surface area contributed by atoms with Gasteiger partial charge in [-0.25, -0.2) is 14.5 Å². The van der Waals surface area contributed by atoms with Crippen LogP contribution in [0.15, 0.2) is 52.4 Å². The van der Waals surface area contributed by atoms with Crippen LogP contribution in [0.1, 0.15) is 30.5 Å². The van der Waals surface area contributed by atoms with Gasteiger partial charge in [0.1, 0.15) is 11.4 Å². The maximum Gasteiger partial charge on any atom is 0.435 e. The number of ether oxygens (including phenoxy) is 1. The Labute approximate surface area is 241 Å². The molecule has 0 fully saturated rings. The van der Waals surface area contributed by atoms with Crippen molar-refractivity contribution >= 4 is 22.1 Å². The van der Waals surface area contributed by atoms with Gasteiger partial charge in [-0.05, 0) is 48.9 Å². The molecule has 0 spiro atoms. The summed E-state index contributed by atoms with van der Waals surface area (Å²) in [6.07, 6.45) is -4.82. The standard InChI is InChI=1S/C21H19F6N3O2.C5H4F3N3O/c22-16-10-15-12(4-6-30(19(15)31)5-2-1-3-7-32-20(23)24)8-14(16)13-9-17(28)18(29-11-13)21(25,26)27;6-5(7,8)3-2(9)1-10-11-4(3)12/h4,6,8-11,20H,1-3,5,7,28H2;1H,(H3,9,11,12). The highest BCUT2D eigenvalue weighted by atomic mass is 19.4. The highest BCUT2D eigenvalue weighted by Gasteiger charge is 2.36. The minimum Gasteiger partial charge on any atom is -0.397 e. The molecule has 238 valence electrons. The lowest BCUT2D eigenvalue weighted by Crippen LogP contribution is -2.24. The first-order valence-electron chi connectivity index (χ1n) is 12.5. The van der Waals surface area contributed by atoms with Crippen molar-refractivity contribution in [3.05, 3.63) is 80.6 Å². The minimum atomic E-state index is -4.74. The summed E-state index contributed by atoms with van der Waals surface area (Å²) in [6, 6.07) is 4.94. The molecule has 18 heteroatoms. The number of fused-ring (bicyclic) bond motifs is 1. The summed E-state index contributed by atoms with van der Waals surface area (Å²) in [7, 11) is 0. The lowest BCUT2D eigenvalue weighted by Gasteiger charge is -2.12. The Kier molecular flexibility index (Phi) is 10.6. The van der Waals surface area contributed by atoms with E-state index >= 15 is 0 Å². The van der Waals surface area contributed by atoms with Crippen molar-refractivity contribution in [2.24, 2.45) is 0 Å². The number of halogens is 9. The monoisotopic (exact) mass is 638 g/mol. The van der Waals surface area contributed by atoms with Gasteiger partial charge in [-0.3, -0.25) is 9.59 Å². The maximum atomic E-state index is 14.7. The van der Waals surface area contributed by atoms with Crippen molar-refractivity contribution in [2.75, 3.05) is 18.1 Å². The molecule has 0 aliphatic heterocycles. The number of aromatic nitrogens is 4. The Bertz CT molecular complexity index is 1720. The number of nitrogens with one attached hydrogen (secondary N) is 1. The zero-order chi connectivity index (χ0) is 32.8. The fraction of sp³-hybridized carbons (Fsp3) is 0.308. The molecule has 4 aromatic rings. The number of anilines is 2. The largest absolute Gasteiger partial charge is 0.435 e. The molecule has 0 saturated heterocycles. The Morgan fingerprint density at radius 1 is 0.932 bits per heavy atom. The molecule has 0 aliphatic carbocycles. The van der Waals surface area contributed by atoms with Gasteiger partial charge in [0.15, 0.2) is 5.69 Å². The van der Waals surface area contributed by atoms with Gasteiger partial charge < -0.3 is 20.8 Å². The van der Waals surface area contributed by atoms with Gasteiger partial charge in [-0.2, -0.15) is 40.2 Å². The molecule has 3 aromatic heterocycles. The minimum absolute atomic E-state index is 0.0402. The number of rotatable bonds is 8. The first-order chi connectivity index (χ1) is 20.5. The molecular weight excluding hydrogens is 615 g/mol. The van der Waals surface area contributed by atoms with Crippen molar-refractivity contribution in [3.8, 4) is 11.1 Å². The quantitative estimate of drug-likeness (QED) is 0.169. The molecule has 4 rings (SSSR count). The van der Waals surface area contributed by atoms with Crippen LogP contribution in [0, 0.1) is 5.82 Å². The number of benzene rings is 1. The van der Waals surface area contributed by atoms with E-state index in [-0.39, 0.29) is 23.1 Å². The zero-order valence-corrected chi connectivity index (χ0v) is 22.3. The van der Waals surface area contributed by atoms with Gasteiger partial charge in [0.05, 0.1) is 29.6 Å². The number of hydrogen-bond donors (Lipinski definition) is 3. The van der Waals surface area contributed by atoms with E-state index in [9.17, 15) is 49.1 Å². The molecule has 3 heterocycles. The molecule has 0 bridgehead atoms. The highest BCUT2D eigenvalue weighted by molar-refractivity contribution is 5.87. The molecule has 0 atom stereocenters. The number of nitrogens with two attached hydrogens (primary N) is 2. The Morgan fingerprint density at radius 2 is 1.64 bits per heavy atom. The average Bonchev–Trinajstić information content (AvgIpc) is 2.90. The summed E-state index contributed by atoms with van der Waals surface area (Å²) in [5, 5.41) is 5.23. The molecule has 44 heavy (non-hydrogen) atoms. The van der Waals surface area contributed by atoms with E-state index in [0.29, 0.717) is 31.2 Å². The van der Waals surface area contributed by atoms with Crippen molar-refractivity contribution in [3.63, 3.8) is 0 Å². The number of hydrogen-bond acceptors (Lipinski definition) is 7. The third-order valence-electron chi connectivity index (χ3n) is 6.02. The number of nitrogens with zero attached hydrogens (tertiary/aromatic N) is 3. The van der Waals surface area contributed by atoms with Crippen molar-refractivity contribution in [1.82, 2.24) is 19.7 Å². The lowest BCUT2D eigenvalue weighted by atomic mass is 10.0. The summed E-state index contributed by atoms with van der Waals surface area (Å²) in [5.74, 6) is -0.808. The molecule has 9 nitrogen and oxygen atoms in total. The highest BCUT2D eigenvalue weighted by Crippen LogP contribution is 2.35. The van der Waals surface area contributed by atoms with Crippen LogP contribution in [-0.4, -0.2) is 33.0 Å². The third-order valence-corrected chi connectivity index (χ3v) is 6.02. The second-order valence-corrected chi connectivity index (χ2v) is 9.11. The molecule has 0 saturated carbocycles. The Hall–Kier alpha value is -4.61. The van der Waals surface area contributed by atoms with Crippen LogP contribution in [0.2, 0.25) is 0 Å². The van der Waals surface area contributed by atoms with Gasteiger partial charge in [0, 0.05) is 30.1 Å². The maximum absolute atomic E-state index is 14.7. The Morgan fingerprint density at radius 3 is 2.20 bits per heavy atom. The van der Waals surface area contributed by atoms with E-state index in [2.05, 4.69) is 14.8 Å². The number of H-pyrrole nitrogens is 1. The van der Waals surface area contributed by atoms with Crippen molar-refractivity contribution in [2.45, 2.75) is 44.8 Å². The summed E-state index contributed by atoms with van der Waals surface area (Å²) in [4.78, 5) is 26.5. The number of alkyl halides is 8. The fourth-order valence-corrected chi connectivity index (χ4v) is 4.01. The second-order valence-electron chi connectivity index (χ2n) is 9.11. The smallest absolute Gasteiger partial charge is 0.397 e. The summed E-state index contributed by atoms with van der Waals surface area (Å²) < 4.78 is 119. The third kappa shape index (κ3) is 8.48. The van der Waals surface area contributed by atoms with Gasteiger partial charge in [-0.15, -0.1) is 0 Å². The lowest BCUT2D eigenvalue weighted by molar-refractivity contribution is -0.140. The van der Waals surface area contributed by atoms with Crippen molar-refractivity contribution < 1.29 is 44.3 Å². The summed E-state index contributed by atoms with van der Waals surface area (Å²) in [5.41, 5.74) is 4.60. The van der Waals surface area contributed by atoms with E-state index in [1.54, 1.807) is 11.2 Å². The Balaban J connectivity index is 0.000000369. The van der Waals surface area contributed by atoms with Crippen LogP contribution in [0.25, 0.3) is 21.9 Å². The molecular formula is C26H23F9N6O3. The van der Waals surface area contributed by atoms with Crippen LogP contribution < -0.4 is 22.6 Å². The normalized spacial score (nSPS) is 12.0. The second kappa shape index (κ2) is 13.8. The van der Waals surface area contributed by atoms with Gasteiger partial charge in [0.2, 0.25) is 0 Å². The van der Waals surface area contributed by atoms with E-state index in [1.807, 2.05) is 0 Å². The summed E-state index contributed by atoms with van der Waals surface area (Å²) in [6.45, 7) is -2.58. The number of unbranched alkanes of at least 4 members (excludes halogenated alkanes) is 2. The molecule has 5 N–H and O–H groups in total. The van der Waals surface area contributed by atoms with E-state index in [0.717, 1.165) is 24.5 Å². The van der Waals surface area contributed by atoms with Gasteiger partial charge >= 0.3 is 19.0 Å². The van der Waals surface area contributed by atoms with E-state index < -0.39 is 58.5 Å². The number of pyridine rings is 2.